The minimum atomic E-state index is 0.116. The summed E-state index contributed by atoms with van der Waals surface area (Å²) in [6, 6.07) is 7.62. The third kappa shape index (κ3) is 4.32. The molecule has 1 aromatic carbocycles. The zero-order chi connectivity index (χ0) is 20.2. The van der Waals surface area contributed by atoms with Crippen LogP contribution in [0.15, 0.2) is 36.7 Å². The Morgan fingerprint density at radius 3 is 2.83 bits per heavy atom. The van der Waals surface area contributed by atoms with E-state index in [1.54, 1.807) is 7.11 Å². The Morgan fingerprint density at radius 2 is 2.14 bits per heavy atom. The van der Waals surface area contributed by atoms with Gasteiger partial charge in [0.15, 0.2) is 17.8 Å². The molecule has 0 spiro atoms. The summed E-state index contributed by atoms with van der Waals surface area (Å²) >= 11 is 0. The van der Waals surface area contributed by atoms with E-state index in [9.17, 15) is 4.79 Å². The Labute approximate surface area is 167 Å². The van der Waals surface area contributed by atoms with Gasteiger partial charge in [-0.3, -0.25) is 9.89 Å². The van der Waals surface area contributed by atoms with Gasteiger partial charge in [0.1, 0.15) is 5.75 Å². The number of carbonyl (C=O) groups is 1. The number of anilines is 2. The highest BCUT2D eigenvalue weighted by molar-refractivity contribution is 5.80. The summed E-state index contributed by atoms with van der Waals surface area (Å²) in [5.74, 6) is 2.27. The van der Waals surface area contributed by atoms with Crippen LogP contribution < -0.4 is 15.4 Å². The quantitative estimate of drug-likeness (QED) is 0.536. The van der Waals surface area contributed by atoms with Crippen molar-refractivity contribution in [1.29, 1.82) is 0 Å². The second-order valence-corrected chi connectivity index (χ2v) is 6.69. The minimum Gasteiger partial charge on any atom is -0.496 e. The molecule has 1 aliphatic rings. The molecular formula is C20H19N7O2. The Balaban J connectivity index is 1.47. The predicted octanol–water partition coefficient (Wildman–Crippen LogP) is 3.20. The average Bonchev–Trinajstić information content (AvgIpc) is 3.52. The van der Waals surface area contributed by atoms with Gasteiger partial charge in [-0.1, -0.05) is 12.6 Å². The lowest BCUT2D eigenvalue weighted by molar-refractivity contribution is -0.122. The van der Waals surface area contributed by atoms with Gasteiger partial charge in [0.05, 0.1) is 19.0 Å². The van der Waals surface area contributed by atoms with Crippen LogP contribution in [0.25, 0.3) is 16.1 Å². The lowest BCUT2D eigenvalue weighted by Crippen LogP contribution is -2.24. The van der Waals surface area contributed by atoms with Crippen molar-refractivity contribution < 1.29 is 9.53 Å². The van der Waals surface area contributed by atoms with E-state index in [4.69, 9.17) is 11.3 Å². The lowest BCUT2D eigenvalue weighted by atomic mass is 10.1. The van der Waals surface area contributed by atoms with Gasteiger partial charge < -0.3 is 20.2 Å². The number of hydrogen-bond acceptors (Lipinski definition) is 6. The summed E-state index contributed by atoms with van der Waals surface area (Å²) in [6.45, 7) is 7.38. The second-order valence-electron chi connectivity index (χ2n) is 6.69. The number of H-pyrrole nitrogens is 1. The largest absolute Gasteiger partial charge is 0.496 e. The number of hydrogen-bond donors (Lipinski definition) is 3. The molecule has 3 aromatic rings. The fourth-order valence-corrected chi connectivity index (χ4v) is 2.85. The molecule has 2 heterocycles. The SMILES string of the molecule is [C-]#[N+]c1cnc(Nc2cc(-c3ccc(CNC(=O)C4CC4)cc3OC)[nH]n2)cn1. The molecule has 1 aliphatic carbocycles. The first-order valence-corrected chi connectivity index (χ1v) is 9.13. The highest BCUT2D eigenvalue weighted by Gasteiger charge is 2.29. The molecular weight excluding hydrogens is 370 g/mol. The fourth-order valence-electron chi connectivity index (χ4n) is 2.85. The smallest absolute Gasteiger partial charge is 0.288 e. The Kier molecular flexibility index (Phi) is 5.07. The Morgan fingerprint density at radius 1 is 1.28 bits per heavy atom. The molecule has 146 valence electrons. The van der Waals surface area contributed by atoms with Crippen LogP contribution in [-0.2, 0) is 11.3 Å². The maximum Gasteiger partial charge on any atom is 0.288 e. The van der Waals surface area contributed by atoms with Gasteiger partial charge in [-0.2, -0.15) is 5.10 Å². The van der Waals surface area contributed by atoms with Gasteiger partial charge >= 0.3 is 0 Å². The van der Waals surface area contributed by atoms with Crippen molar-refractivity contribution in [1.82, 2.24) is 25.5 Å². The van der Waals surface area contributed by atoms with Crippen molar-refractivity contribution in [2.75, 3.05) is 12.4 Å². The number of nitrogens with zero attached hydrogens (tertiary/aromatic N) is 4. The molecule has 4 rings (SSSR count). The van der Waals surface area contributed by atoms with Crippen molar-refractivity contribution in [2.24, 2.45) is 5.92 Å². The van der Waals surface area contributed by atoms with E-state index in [1.165, 1.54) is 12.4 Å². The molecule has 9 heteroatoms. The fraction of sp³-hybridized carbons (Fsp3) is 0.250. The summed E-state index contributed by atoms with van der Waals surface area (Å²) in [6.07, 6.45) is 4.85. The molecule has 9 nitrogen and oxygen atoms in total. The van der Waals surface area contributed by atoms with E-state index in [2.05, 4.69) is 35.6 Å². The monoisotopic (exact) mass is 389 g/mol. The number of nitrogens with one attached hydrogen (secondary N) is 3. The number of aromatic nitrogens is 4. The zero-order valence-corrected chi connectivity index (χ0v) is 15.8. The van der Waals surface area contributed by atoms with Crippen LogP contribution >= 0.6 is 0 Å². The maximum atomic E-state index is 11.8. The summed E-state index contributed by atoms with van der Waals surface area (Å²) in [5.41, 5.74) is 2.58. The summed E-state index contributed by atoms with van der Waals surface area (Å²) < 4.78 is 5.53. The van der Waals surface area contributed by atoms with Crippen LogP contribution in [-0.4, -0.2) is 33.2 Å². The van der Waals surface area contributed by atoms with Crippen molar-refractivity contribution in [2.45, 2.75) is 19.4 Å². The first-order chi connectivity index (χ1) is 14.2. The highest BCUT2D eigenvalue weighted by atomic mass is 16.5. The van der Waals surface area contributed by atoms with Crippen molar-refractivity contribution in [3.63, 3.8) is 0 Å². The Hall–Kier alpha value is -3.93. The number of benzene rings is 1. The van der Waals surface area contributed by atoms with Crippen molar-refractivity contribution >= 4 is 23.4 Å². The minimum absolute atomic E-state index is 0.116. The first-order valence-electron chi connectivity index (χ1n) is 9.13. The van der Waals surface area contributed by atoms with Crippen LogP contribution in [0.1, 0.15) is 18.4 Å². The van der Waals surface area contributed by atoms with E-state index in [-0.39, 0.29) is 17.6 Å². The highest BCUT2D eigenvalue weighted by Crippen LogP contribution is 2.32. The Bertz CT molecular complexity index is 1070. The van der Waals surface area contributed by atoms with Gasteiger partial charge in [0, 0.05) is 24.1 Å². The van der Waals surface area contributed by atoms with Gasteiger partial charge in [-0.05, 0) is 30.5 Å². The normalized spacial score (nSPS) is 12.8. The maximum absolute atomic E-state index is 11.8. The van der Waals surface area contributed by atoms with Crippen LogP contribution in [0.2, 0.25) is 0 Å². The van der Waals surface area contributed by atoms with E-state index in [0.717, 1.165) is 29.7 Å². The summed E-state index contributed by atoms with van der Waals surface area (Å²) in [4.78, 5) is 23.1. The second kappa shape index (κ2) is 7.98. The number of amides is 1. The molecule has 1 fully saturated rings. The summed E-state index contributed by atoms with van der Waals surface area (Å²) in [7, 11) is 1.61. The molecule has 0 atom stereocenters. The van der Waals surface area contributed by atoms with Gasteiger partial charge in [0.2, 0.25) is 5.91 Å². The number of aromatic amines is 1. The summed E-state index contributed by atoms with van der Waals surface area (Å²) in [5, 5.41) is 13.2. The van der Waals surface area contributed by atoms with Crippen LogP contribution in [0, 0.1) is 12.5 Å². The molecule has 29 heavy (non-hydrogen) atoms. The van der Waals surface area contributed by atoms with E-state index < -0.39 is 0 Å². The number of rotatable bonds is 7. The van der Waals surface area contributed by atoms with Gasteiger partial charge in [-0.15, -0.1) is 4.98 Å². The van der Waals surface area contributed by atoms with E-state index in [1.807, 2.05) is 24.3 Å². The zero-order valence-electron chi connectivity index (χ0n) is 15.8. The molecule has 2 aromatic heterocycles. The molecule has 0 aliphatic heterocycles. The molecule has 1 amide bonds. The van der Waals surface area contributed by atoms with Crippen molar-refractivity contribution in [3.8, 4) is 17.0 Å². The number of methoxy groups -OCH3 is 1. The topological polar surface area (TPSA) is 109 Å². The molecule has 0 bridgehead atoms. The lowest BCUT2D eigenvalue weighted by Gasteiger charge is -2.10. The third-order valence-electron chi connectivity index (χ3n) is 4.56. The van der Waals surface area contributed by atoms with Gasteiger partial charge in [-0.25, -0.2) is 4.98 Å². The number of carbonyl (C=O) groups excluding carboxylic acids is 1. The van der Waals surface area contributed by atoms with Gasteiger partial charge in [0.25, 0.3) is 5.82 Å². The standard InChI is InChI=1S/C20H19N7O2/c1-21-18-10-23-19(11-22-18)25-17-8-15(26-27-17)14-6-3-12(7-16(14)29-2)9-24-20(28)13-4-5-13/h3,6-8,10-11,13H,4-5,9H2,2H3,(H,24,28)(H2,23,25,26,27). The third-order valence-corrected chi connectivity index (χ3v) is 4.56. The predicted molar refractivity (Wildman–Crippen MR) is 107 cm³/mol. The molecule has 3 N–H and O–H groups in total. The molecule has 1 saturated carbocycles. The van der Waals surface area contributed by atoms with Crippen LogP contribution in [0.4, 0.5) is 17.5 Å². The van der Waals surface area contributed by atoms with Crippen molar-refractivity contribution in [3.05, 3.63) is 53.6 Å². The molecule has 0 unspecified atom stereocenters. The molecule has 0 saturated heterocycles. The molecule has 0 radical (unpaired) electrons. The van der Waals surface area contributed by atoms with E-state index in [0.29, 0.717) is 23.9 Å². The number of ether oxygens (including phenoxy) is 1. The van der Waals surface area contributed by atoms with Crippen LogP contribution in [0.3, 0.4) is 0 Å². The van der Waals surface area contributed by atoms with E-state index >= 15 is 0 Å². The average molecular weight is 389 g/mol. The first kappa shape index (κ1) is 18.4. The van der Waals surface area contributed by atoms with Crippen LogP contribution in [0.5, 0.6) is 5.75 Å².